The maximum absolute atomic E-state index is 12.6. The molecule has 2 heterocycles. The summed E-state index contributed by atoms with van der Waals surface area (Å²) in [5.74, 6) is 1.21. The summed E-state index contributed by atoms with van der Waals surface area (Å²) in [7, 11) is 0. The molecule has 0 spiro atoms. The number of nitriles is 1. The minimum Gasteiger partial charge on any atom is -0.454 e. The van der Waals surface area contributed by atoms with Gasteiger partial charge in [0.1, 0.15) is 11.6 Å². The van der Waals surface area contributed by atoms with E-state index in [1.54, 1.807) is 6.20 Å². The van der Waals surface area contributed by atoms with E-state index in [-0.39, 0.29) is 18.3 Å². The fourth-order valence-electron chi connectivity index (χ4n) is 3.81. The lowest BCUT2D eigenvalue weighted by atomic mass is 10.1. The molecule has 0 bridgehead atoms. The average molecular weight is 418 g/mol. The second-order valence-electron chi connectivity index (χ2n) is 7.93. The van der Waals surface area contributed by atoms with Crippen LogP contribution in [0.2, 0.25) is 0 Å². The third-order valence-electron chi connectivity index (χ3n) is 5.56. The molecule has 0 aromatic heterocycles. The van der Waals surface area contributed by atoms with Crippen LogP contribution in [0, 0.1) is 25.2 Å². The van der Waals surface area contributed by atoms with Crippen molar-refractivity contribution < 1.29 is 14.3 Å². The Morgan fingerprint density at radius 1 is 1.10 bits per heavy atom. The number of nitrogens with one attached hydrogen (secondary N) is 1. The number of piperazine rings is 1. The molecule has 2 aliphatic heterocycles. The Balaban J connectivity index is 1.32. The van der Waals surface area contributed by atoms with Gasteiger partial charge in [-0.05, 0) is 43.2 Å². The normalized spacial score (nSPS) is 16.2. The first-order valence-electron chi connectivity index (χ1n) is 10.4. The van der Waals surface area contributed by atoms with Crippen molar-refractivity contribution in [3.63, 3.8) is 0 Å². The van der Waals surface area contributed by atoms with Gasteiger partial charge in [0, 0.05) is 44.6 Å². The van der Waals surface area contributed by atoms with Gasteiger partial charge in [-0.15, -0.1) is 0 Å². The smallest absolute Gasteiger partial charge is 0.267 e. The average Bonchev–Trinajstić information content (AvgIpc) is 3.23. The van der Waals surface area contributed by atoms with Gasteiger partial charge in [0.05, 0.1) is 0 Å². The van der Waals surface area contributed by atoms with Crippen LogP contribution < -0.4 is 14.8 Å². The van der Waals surface area contributed by atoms with Crippen molar-refractivity contribution in [3.05, 3.63) is 64.9 Å². The number of benzene rings is 2. The van der Waals surface area contributed by atoms with Gasteiger partial charge in [0.15, 0.2) is 11.5 Å². The predicted molar refractivity (Wildman–Crippen MR) is 118 cm³/mol. The van der Waals surface area contributed by atoms with Gasteiger partial charge in [-0.1, -0.05) is 23.8 Å². The molecule has 31 heavy (non-hydrogen) atoms. The van der Waals surface area contributed by atoms with Gasteiger partial charge in [-0.3, -0.25) is 9.69 Å². The molecule has 1 fully saturated rings. The van der Waals surface area contributed by atoms with Crippen LogP contribution in [0.3, 0.4) is 0 Å². The van der Waals surface area contributed by atoms with Crippen molar-refractivity contribution in [1.29, 1.82) is 5.26 Å². The number of ether oxygens (including phenoxy) is 2. The quantitative estimate of drug-likeness (QED) is 0.594. The fraction of sp³-hybridized carbons (Fsp3) is 0.333. The van der Waals surface area contributed by atoms with E-state index in [9.17, 15) is 10.1 Å². The van der Waals surface area contributed by atoms with E-state index >= 15 is 0 Å². The van der Waals surface area contributed by atoms with Crippen LogP contribution in [-0.4, -0.2) is 48.7 Å². The molecule has 0 atom stereocenters. The zero-order chi connectivity index (χ0) is 21.8. The number of hydrogen-bond donors (Lipinski definition) is 1. The lowest BCUT2D eigenvalue weighted by molar-refractivity contribution is -0.112. The fourth-order valence-corrected chi connectivity index (χ4v) is 3.81. The highest BCUT2D eigenvalue weighted by Gasteiger charge is 2.19. The van der Waals surface area contributed by atoms with E-state index in [1.807, 2.05) is 55.1 Å². The SMILES string of the molecule is Cc1ccc(NC(=O)/C(C#N)=C\N2CCN(Cc3ccc4c(c3)OCO4)CC2)c(C)c1. The van der Waals surface area contributed by atoms with Crippen LogP contribution in [-0.2, 0) is 11.3 Å². The summed E-state index contributed by atoms with van der Waals surface area (Å²) in [6.45, 7) is 8.27. The second-order valence-corrected chi connectivity index (χ2v) is 7.93. The highest BCUT2D eigenvalue weighted by Crippen LogP contribution is 2.32. The summed E-state index contributed by atoms with van der Waals surface area (Å²) in [6, 6.07) is 13.9. The summed E-state index contributed by atoms with van der Waals surface area (Å²) in [5, 5.41) is 12.4. The molecule has 0 radical (unpaired) electrons. The van der Waals surface area contributed by atoms with Crippen LogP contribution >= 0.6 is 0 Å². The maximum Gasteiger partial charge on any atom is 0.267 e. The Labute approximate surface area is 182 Å². The number of amides is 1. The molecular formula is C24H26N4O3. The molecule has 2 aromatic carbocycles. The van der Waals surface area contributed by atoms with Crippen LogP contribution in [0.25, 0.3) is 0 Å². The van der Waals surface area contributed by atoms with E-state index in [0.717, 1.165) is 61.0 Å². The first-order valence-corrected chi connectivity index (χ1v) is 10.4. The standard InChI is InChI=1S/C24H26N4O3/c1-17-3-5-21(18(2)11-17)26-24(29)20(13-25)15-28-9-7-27(8-10-28)14-19-4-6-22-23(12-19)31-16-30-22/h3-6,11-12,15H,7-10,14,16H2,1-2H3,(H,26,29)/b20-15-. The number of carbonyl (C=O) groups excluding carboxylic acids is 1. The number of rotatable bonds is 5. The van der Waals surface area contributed by atoms with Gasteiger partial charge < -0.3 is 19.7 Å². The second kappa shape index (κ2) is 9.11. The Morgan fingerprint density at radius 3 is 2.61 bits per heavy atom. The molecule has 1 saturated heterocycles. The highest BCUT2D eigenvalue weighted by atomic mass is 16.7. The van der Waals surface area contributed by atoms with Crippen molar-refractivity contribution in [2.75, 3.05) is 38.3 Å². The zero-order valence-electron chi connectivity index (χ0n) is 17.9. The van der Waals surface area contributed by atoms with E-state index in [0.29, 0.717) is 0 Å². The predicted octanol–water partition coefficient (Wildman–Crippen LogP) is 3.20. The van der Waals surface area contributed by atoms with Crippen LogP contribution in [0.4, 0.5) is 5.69 Å². The molecule has 1 N–H and O–H groups in total. The highest BCUT2D eigenvalue weighted by molar-refractivity contribution is 6.06. The maximum atomic E-state index is 12.6. The molecule has 7 nitrogen and oxygen atoms in total. The number of fused-ring (bicyclic) bond motifs is 1. The molecule has 1 amide bonds. The summed E-state index contributed by atoms with van der Waals surface area (Å²) in [4.78, 5) is 17.0. The van der Waals surface area contributed by atoms with Crippen molar-refractivity contribution >= 4 is 11.6 Å². The molecule has 4 rings (SSSR count). The van der Waals surface area contributed by atoms with Crippen molar-refractivity contribution in [1.82, 2.24) is 9.80 Å². The van der Waals surface area contributed by atoms with Crippen LogP contribution in [0.5, 0.6) is 11.5 Å². The molecule has 0 aliphatic carbocycles. The number of anilines is 1. The summed E-state index contributed by atoms with van der Waals surface area (Å²) >= 11 is 0. The first kappa shape index (κ1) is 20.8. The van der Waals surface area contributed by atoms with Crippen molar-refractivity contribution in [3.8, 4) is 17.6 Å². The molecule has 0 saturated carbocycles. The topological polar surface area (TPSA) is 77.8 Å². The van der Waals surface area contributed by atoms with Gasteiger partial charge in [-0.2, -0.15) is 5.26 Å². The minimum atomic E-state index is -0.378. The van der Waals surface area contributed by atoms with E-state index < -0.39 is 0 Å². The Hall–Kier alpha value is -3.50. The third kappa shape index (κ3) is 4.98. The van der Waals surface area contributed by atoms with Crippen molar-refractivity contribution in [2.45, 2.75) is 20.4 Å². The first-order chi connectivity index (χ1) is 15.0. The monoisotopic (exact) mass is 418 g/mol. The molecule has 7 heteroatoms. The van der Waals surface area contributed by atoms with Gasteiger partial charge in [0.2, 0.25) is 6.79 Å². The third-order valence-corrected chi connectivity index (χ3v) is 5.56. The lowest BCUT2D eigenvalue weighted by Gasteiger charge is -2.34. The molecule has 160 valence electrons. The number of carbonyl (C=O) groups is 1. The van der Waals surface area contributed by atoms with Crippen LogP contribution in [0.15, 0.2) is 48.2 Å². The largest absolute Gasteiger partial charge is 0.454 e. The minimum absolute atomic E-state index is 0.115. The summed E-state index contributed by atoms with van der Waals surface area (Å²) in [6.07, 6.45) is 1.68. The molecule has 0 unspecified atom stereocenters. The van der Waals surface area contributed by atoms with Crippen molar-refractivity contribution in [2.24, 2.45) is 0 Å². The Bertz CT molecular complexity index is 1050. The number of aryl methyl sites for hydroxylation is 2. The van der Waals surface area contributed by atoms with Gasteiger partial charge in [0.25, 0.3) is 5.91 Å². The molecule has 2 aromatic rings. The zero-order valence-corrected chi connectivity index (χ0v) is 17.9. The summed E-state index contributed by atoms with van der Waals surface area (Å²) in [5.41, 5.74) is 4.13. The number of hydrogen-bond acceptors (Lipinski definition) is 6. The molecule has 2 aliphatic rings. The Morgan fingerprint density at radius 2 is 1.87 bits per heavy atom. The van der Waals surface area contributed by atoms with E-state index in [4.69, 9.17) is 9.47 Å². The van der Waals surface area contributed by atoms with E-state index in [2.05, 4.69) is 16.3 Å². The molecular weight excluding hydrogens is 392 g/mol. The van der Waals surface area contributed by atoms with Gasteiger partial charge in [-0.25, -0.2) is 0 Å². The van der Waals surface area contributed by atoms with Crippen LogP contribution in [0.1, 0.15) is 16.7 Å². The Kier molecular flexibility index (Phi) is 6.10. The number of nitrogens with zero attached hydrogens (tertiary/aromatic N) is 3. The lowest BCUT2D eigenvalue weighted by Crippen LogP contribution is -2.43. The summed E-state index contributed by atoms with van der Waals surface area (Å²) < 4.78 is 10.8. The van der Waals surface area contributed by atoms with Gasteiger partial charge >= 0.3 is 0 Å². The van der Waals surface area contributed by atoms with E-state index in [1.165, 1.54) is 5.56 Å².